The Hall–Kier alpha value is -1.29. The lowest BCUT2D eigenvalue weighted by Gasteiger charge is -2.08. The van der Waals surface area contributed by atoms with Gasteiger partial charge in [0.2, 0.25) is 10.0 Å². The van der Waals surface area contributed by atoms with Gasteiger partial charge in [-0.3, -0.25) is 4.72 Å². The van der Waals surface area contributed by atoms with Crippen LogP contribution in [0.5, 0.6) is 0 Å². The molecular weight excluding hydrogens is 198 g/mol. The van der Waals surface area contributed by atoms with E-state index in [0.717, 1.165) is 11.8 Å². The predicted molar refractivity (Wildman–Crippen MR) is 58.5 cm³/mol. The smallest absolute Gasteiger partial charge is 0.229 e. The van der Waals surface area contributed by atoms with Crippen molar-refractivity contribution >= 4 is 15.7 Å². The summed E-state index contributed by atoms with van der Waals surface area (Å²) in [6.45, 7) is 3.56. The van der Waals surface area contributed by atoms with Crippen molar-refractivity contribution in [2.75, 3.05) is 11.0 Å². The lowest BCUT2D eigenvalue weighted by atomic mass is 10.1. The number of allylic oxidation sites excluding steroid dienone is 1. The Morgan fingerprint density at radius 1 is 1.36 bits per heavy atom. The third-order valence-electron chi connectivity index (χ3n) is 1.55. The molecule has 4 heteroatoms. The molecule has 0 aromatic heterocycles. The van der Waals surface area contributed by atoms with E-state index in [2.05, 4.69) is 11.3 Å². The van der Waals surface area contributed by atoms with Crippen molar-refractivity contribution in [2.24, 2.45) is 0 Å². The fourth-order valence-electron chi connectivity index (χ4n) is 1.06. The Morgan fingerprint density at radius 2 is 2.00 bits per heavy atom. The van der Waals surface area contributed by atoms with Crippen molar-refractivity contribution < 1.29 is 8.42 Å². The fraction of sp³-hybridized carbons (Fsp3) is 0.100. The van der Waals surface area contributed by atoms with Crippen LogP contribution in [0.15, 0.2) is 36.9 Å². The largest absolute Gasteiger partial charge is 0.283 e. The highest BCUT2D eigenvalue weighted by atomic mass is 32.2. The molecule has 75 valence electrons. The zero-order valence-electron chi connectivity index (χ0n) is 7.90. The minimum atomic E-state index is -3.22. The van der Waals surface area contributed by atoms with Crippen LogP contribution in [0.25, 0.3) is 0 Å². The van der Waals surface area contributed by atoms with Crippen LogP contribution in [-0.2, 0) is 10.0 Å². The number of anilines is 1. The number of sulfonamides is 1. The number of para-hydroxylation sites is 1. The maximum absolute atomic E-state index is 11.0. The summed E-state index contributed by atoms with van der Waals surface area (Å²) >= 11 is 0. The van der Waals surface area contributed by atoms with Crippen LogP contribution in [0.4, 0.5) is 5.69 Å². The maximum atomic E-state index is 11.0. The topological polar surface area (TPSA) is 46.2 Å². The molecule has 0 amide bonds. The molecule has 1 radical (unpaired) electrons. The highest BCUT2D eigenvalue weighted by molar-refractivity contribution is 7.92. The zero-order chi connectivity index (χ0) is 10.6. The minimum absolute atomic E-state index is 0.565. The summed E-state index contributed by atoms with van der Waals surface area (Å²) in [5.74, 6) is 0. The lowest BCUT2D eigenvalue weighted by Crippen LogP contribution is -2.10. The van der Waals surface area contributed by atoms with E-state index in [9.17, 15) is 8.42 Å². The Labute approximate surface area is 84.5 Å². The zero-order valence-corrected chi connectivity index (χ0v) is 8.71. The van der Waals surface area contributed by atoms with Crippen LogP contribution < -0.4 is 4.72 Å². The van der Waals surface area contributed by atoms with Crippen LogP contribution >= 0.6 is 0 Å². The summed E-state index contributed by atoms with van der Waals surface area (Å²) in [5.41, 5.74) is 1.36. The molecule has 0 aliphatic carbocycles. The Balaban J connectivity index is 3.01. The molecule has 1 aromatic rings. The third-order valence-corrected chi connectivity index (χ3v) is 2.14. The van der Waals surface area contributed by atoms with Gasteiger partial charge in [0, 0.05) is 6.42 Å². The average Bonchev–Trinajstić information content (AvgIpc) is 2.06. The van der Waals surface area contributed by atoms with Crippen molar-refractivity contribution in [1.29, 1.82) is 0 Å². The first-order valence-corrected chi connectivity index (χ1v) is 5.94. The lowest BCUT2D eigenvalue weighted by molar-refractivity contribution is 0.607. The third kappa shape index (κ3) is 3.22. The van der Waals surface area contributed by atoms with Gasteiger partial charge in [-0.1, -0.05) is 24.3 Å². The summed E-state index contributed by atoms with van der Waals surface area (Å²) < 4.78 is 24.4. The number of rotatable bonds is 4. The second kappa shape index (κ2) is 4.28. The van der Waals surface area contributed by atoms with Crippen LogP contribution in [0.1, 0.15) is 5.56 Å². The summed E-state index contributed by atoms with van der Waals surface area (Å²) in [5, 5.41) is 0. The molecule has 0 unspecified atom stereocenters. The van der Waals surface area contributed by atoms with Crippen LogP contribution in [0.2, 0.25) is 0 Å². The predicted octanol–water partition coefficient (Wildman–Crippen LogP) is 1.80. The normalized spacial score (nSPS) is 10.9. The van der Waals surface area contributed by atoms with Crippen LogP contribution in [-0.4, -0.2) is 14.7 Å². The van der Waals surface area contributed by atoms with Crippen molar-refractivity contribution in [3.8, 4) is 0 Å². The van der Waals surface area contributed by atoms with Gasteiger partial charge < -0.3 is 0 Å². The molecule has 1 rings (SSSR count). The Bertz CT molecular complexity index is 424. The number of nitrogens with one attached hydrogen (secondary N) is 1. The van der Waals surface area contributed by atoms with E-state index < -0.39 is 10.0 Å². The highest BCUT2D eigenvalue weighted by Gasteiger charge is 2.05. The molecule has 0 aliphatic rings. The Kier molecular flexibility index (Phi) is 3.30. The van der Waals surface area contributed by atoms with Gasteiger partial charge in [0.25, 0.3) is 0 Å². The molecule has 14 heavy (non-hydrogen) atoms. The van der Waals surface area contributed by atoms with Gasteiger partial charge in [-0.2, -0.15) is 0 Å². The van der Waals surface area contributed by atoms with Crippen molar-refractivity contribution in [1.82, 2.24) is 0 Å². The van der Waals surface area contributed by atoms with E-state index in [1.807, 2.05) is 12.1 Å². The Morgan fingerprint density at radius 3 is 2.57 bits per heavy atom. The average molecular weight is 210 g/mol. The summed E-state index contributed by atoms with van der Waals surface area (Å²) in [4.78, 5) is 0. The molecule has 3 nitrogen and oxygen atoms in total. The quantitative estimate of drug-likeness (QED) is 0.823. The summed E-state index contributed by atoms with van der Waals surface area (Å²) in [7, 11) is -3.22. The molecule has 0 fully saturated rings. The fourth-order valence-corrected chi connectivity index (χ4v) is 1.65. The SMILES string of the molecule is C=C[CH]c1ccccc1NS(C)(=O)=O. The van der Waals surface area contributed by atoms with Crippen molar-refractivity contribution in [2.45, 2.75) is 0 Å². The molecule has 0 spiro atoms. The van der Waals surface area contributed by atoms with Gasteiger partial charge in [-0.15, -0.1) is 6.58 Å². The first kappa shape index (κ1) is 10.8. The second-order valence-electron chi connectivity index (χ2n) is 2.86. The summed E-state index contributed by atoms with van der Waals surface area (Å²) in [6.07, 6.45) is 4.48. The van der Waals surface area contributed by atoms with Gasteiger partial charge >= 0.3 is 0 Å². The molecule has 0 atom stereocenters. The molecule has 0 saturated carbocycles. The first-order chi connectivity index (χ1) is 6.53. The van der Waals surface area contributed by atoms with E-state index in [1.54, 1.807) is 24.6 Å². The van der Waals surface area contributed by atoms with Gasteiger partial charge in [-0.05, 0) is 11.6 Å². The monoisotopic (exact) mass is 210 g/mol. The van der Waals surface area contributed by atoms with Crippen molar-refractivity contribution in [3.63, 3.8) is 0 Å². The van der Waals surface area contributed by atoms with E-state index in [4.69, 9.17) is 0 Å². The van der Waals surface area contributed by atoms with E-state index in [1.165, 1.54) is 0 Å². The van der Waals surface area contributed by atoms with Gasteiger partial charge in [0.05, 0.1) is 11.9 Å². The maximum Gasteiger partial charge on any atom is 0.229 e. The van der Waals surface area contributed by atoms with Crippen LogP contribution in [0, 0.1) is 6.42 Å². The summed E-state index contributed by atoms with van der Waals surface area (Å²) in [6, 6.07) is 7.13. The van der Waals surface area contributed by atoms with E-state index in [0.29, 0.717) is 5.69 Å². The number of hydrogen-bond acceptors (Lipinski definition) is 2. The van der Waals surface area contributed by atoms with Gasteiger partial charge in [-0.25, -0.2) is 8.42 Å². The van der Waals surface area contributed by atoms with Gasteiger partial charge in [0.1, 0.15) is 0 Å². The molecule has 0 bridgehead atoms. The van der Waals surface area contributed by atoms with E-state index >= 15 is 0 Å². The second-order valence-corrected chi connectivity index (χ2v) is 4.61. The van der Waals surface area contributed by atoms with Crippen LogP contribution in [0.3, 0.4) is 0 Å². The van der Waals surface area contributed by atoms with Crippen molar-refractivity contribution in [3.05, 3.63) is 48.9 Å². The minimum Gasteiger partial charge on any atom is -0.283 e. The standard InChI is InChI=1S/C10H12NO2S/c1-3-6-9-7-4-5-8-10(9)11-14(2,12)13/h3-8,11H,1H2,2H3. The number of hydrogen-bond donors (Lipinski definition) is 1. The molecular formula is C10H12NO2S. The van der Waals surface area contributed by atoms with E-state index in [-0.39, 0.29) is 0 Å². The molecule has 0 heterocycles. The molecule has 1 N–H and O–H groups in total. The molecule has 1 aromatic carbocycles. The molecule has 0 saturated heterocycles. The number of benzene rings is 1. The van der Waals surface area contributed by atoms with Gasteiger partial charge in [0.15, 0.2) is 0 Å². The highest BCUT2D eigenvalue weighted by Crippen LogP contribution is 2.17. The first-order valence-electron chi connectivity index (χ1n) is 4.05. The molecule has 0 aliphatic heterocycles.